The molecule has 30 heavy (non-hydrogen) atoms. The van der Waals surface area contributed by atoms with Crippen LogP contribution in [0.25, 0.3) is 0 Å². The molecular formula is C18H19F3N4O4S. The Bertz CT molecular complexity index is 1010. The molecule has 12 heteroatoms. The molecule has 2 amide bonds. The van der Waals surface area contributed by atoms with Crippen LogP contribution in [0.15, 0.2) is 41.6 Å². The summed E-state index contributed by atoms with van der Waals surface area (Å²) in [7, 11) is -4.11. The third-order valence-corrected chi connectivity index (χ3v) is 6.81. The van der Waals surface area contributed by atoms with Crippen LogP contribution in [0.4, 0.5) is 23.7 Å². The van der Waals surface area contributed by atoms with Crippen molar-refractivity contribution in [2.75, 3.05) is 25.5 Å². The summed E-state index contributed by atoms with van der Waals surface area (Å²) in [5, 5.41) is 5.60. The first-order valence-corrected chi connectivity index (χ1v) is 10.4. The number of carbonyl (C=O) groups excluding carboxylic acids is 1. The molecule has 1 saturated heterocycles. The number of amides is 2. The molecule has 2 heterocycles. The molecule has 1 aliphatic rings. The number of carbonyl (C=O) groups is 1. The Morgan fingerprint density at radius 1 is 1.23 bits per heavy atom. The number of piperidine rings is 1. The molecule has 1 aromatic carbocycles. The molecule has 3 rings (SSSR count). The minimum Gasteiger partial charge on any atom is -0.495 e. The summed E-state index contributed by atoms with van der Waals surface area (Å²) in [6.45, 7) is -0.138. The van der Waals surface area contributed by atoms with Crippen molar-refractivity contribution in [3.05, 3.63) is 42.5 Å². The van der Waals surface area contributed by atoms with Gasteiger partial charge in [-0.25, -0.2) is 17.6 Å². The summed E-state index contributed by atoms with van der Waals surface area (Å²) in [5.74, 6) is -2.87. The van der Waals surface area contributed by atoms with Crippen molar-refractivity contribution < 1.29 is 31.1 Å². The van der Waals surface area contributed by atoms with Gasteiger partial charge in [0.05, 0.1) is 25.2 Å². The van der Waals surface area contributed by atoms with Crippen LogP contribution in [0.1, 0.15) is 12.8 Å². The Kier molecular flexibility index (Phi) is 6.15. The fourth-order valence-corrected chi connectivity index (χ4v) is 4.86. The van der Waals surface area contributed by atoms with Crippen LogP contribution in [0.3, 0.4) is 0 Å². The van der Waals surface area contributed by atoms with Crippen molar-refractivity contribution >= 4 is 21.6 Å². The number of sulfone groups is 1. The smallest absolute Gasteiger partial charge is 0.353 e. The number of urea groups is 1. The van der Waals surface area contributed by atoms with E-state index in [-0.39, 0.29) is 31.7 Å². The van der Waals surface area contributed by atoms with Gasteiger partial charge in [0, 0.05) is 19.0 Å². The average molecular weight is 444 g/mol. The number of benzene rings is 1. The average Bonchev–Trinajstić information content (AvgIpc) is 2.74. The second-order valence-corrected chi connectivity index (χ2v) is 8.67. The number of nitrogens with one attached hydrogen (secondary N) is 1. The molecule has 0 bridgehead atoms. The molecule has 8 nitrogen and oxygen atoms in total. The van der Waals surface area contributed by atoms with E-state index in [1.54, 1.807) is 0 Å². The van der Waals surface area contributed by atoms with Gasteiger partial charge in [0.2, 0.25) is 9.84 Å². The van der Waals surface area contributed by atoms with E-state index in [2.05, 4.69) is 15.5 Å². The van der Waals surface area contributed by atoms with Gasteiger partial charge in [-0.15, -0.1) is 0 Å². The van der Waals surface area contributed by atoms with Crippen molar-refractivity contribution in [1.82, 2.24) is 15.1 Å². The largest absolute Gasteiger partial charge is 0.495 e. The number of halogens is 3. The maximum atomic E-state index is 15.0. The third kappa shape index (κ3) is 4.18. The number of hydrogen-bond acceptors (Lipinski definition) is 6. The number of hydrogen-bond donors (Lipinski definition) is 1. The van der Waals surface area contributed by atoms with Crippen LogP contribution < -0.4 is 10.1 Å². The summed E-state index contributed by atoms with van der Waals surface area (Å²) >= 11 is 0. The SMILES string of the molecule is COc1ccc(F)cc1S(=O)(=O)C(F)(F)C1CCN(C(=O)Nc2ccnnc2)CC1. The van der Waals surface area contributed by atoms with Crippen LogP contribution in [0, 0.1) is 11.7 Å². The topological polar surface area (TPSA) is 101 Å². The number of methoxy groups -OCH3 is 1. The number of likely N-dealkylation sites (tertiary alicyclic amines) is 1. The van der Waals surface area contributed by atoms with E-state index in [9.17, 15) is 26.4 Å². The monoisotopic (exact) mass is 444 g/mol. The number of nitrogens with zero attached hydrogens (tertiary/aromatic N) is 3. The van der Waals surface area contributed by atoms with Crippen LogP contribution in [-0.4, -0.2) is 55.0 Å². The second-order valence-electron chi connectivity index (χ2n) is 6.68. The highest BCUT2D eigenvalue weighted by atomic mass is 32.2. The third-order valence-electron chi connectivity index (χ3n) is 4.87. The Labute approximate surface area is 171 Å². The molecular weight excluding hydrogens is 425 g/mol. The van der Waals surface area contributed by atoms with Gasteiger partial charge < -0.3 is 15.0 Å². The first kappa shape index (κ1) is 21.8. The number of ether oxygens (including phenoxy) is 1. The minimum atomic E-state index is -5.22. The van der Waals surface area contributed by atoms with Gasteiger partial charge in [0.25, 0.3) is 0 Å². The number of rotatable bonds is 5. The minimum absolute atomic E-state index is 0.0690. The Hall–Kier alpha value is -2.89. The zero-order chi connectivity index (χ0) is 21.9. The highest BCUT2D eigenvalue weighted by molar-refractivity contribution is 7.92. The molecule has 0 unspecified atom stereocenters. The molecule has 0 atom stereocenters. The van der Waals surface area contributed by atoms with Gasteiger partial charge in [-0.3, -0.25) is 0 Å². The van der Waals surface area contributed by atoms with Crippen LogP contribution >= 0.6 is 0 Å². The maximum Gasteiger partial charge on any atom is 0.353 e. The molecule has 1 aromatic heterocycles. The lowest BCUT2D eigenvalue weighted by molar-refractivity contribution is 0.000305. The van der Waals surface area contributed by atoms with E-state index in [1.165, 1.54) is 23.4 Å². The molecule has 0 spiro atoms. The molecule has 1 fully saturated rings. The van der Waals surface area contributed by atoms with Crippen molar-refractivity contribution in [2.45, 2.75) is 23.0 Å². The summed E-state index contributed by atoms with van der Waals surface area (Å²) in [6, 6.07) is 3.43. The van der Waals surface area contributed by atoms with Crippen molar-refractivity contribution in [3.8, 4) is 5.75 Å². The van der Waals surface area contributed by atoms with Gasteiger partial charge >= 0.3 is 11.3 Å². The lowest BCUT2D eigenvalue weighted by Crippen LogP contribution is -2.47. The zero-order valence-corrected chi connectivity index (χ0v) is 16.7. The highest BCUT2D eigenvalue weighted by Crippen LogP contribution is 2.43. The van der Waals surface area contributed by atoms with Gasteiger partial charge in [-0.05, 0) is 37.1 Å². The lowest BCUT2D eigenvalue weighted by atomic mass is 9.97. The number of anilines is 1. The maximum absolute atomic E-state index is 15.0. The second kappa shape index (κ2) is 8.46. The van der Waals surface area contributed by atoms with Crippen molar-refractivity contribution in [3.63, 3.8) is 0 Å². The van der Waals surface area contributed by atoms with Crippen LogP contribution in [-0.2, 0) is 9.84 Å². The van der Waals surface area contributed by atoms with Crippen molar-refractivity contribution in [2.24, 2.45) is 5.92 Å². The summed E-state index contributed by atoms with van der Waals surface area (Å²) in [6.07, 6.45) is 2.23. The standard InChI is InChI=1S/C18H19F3N4O4S/c1-29-15-3-2-13(19)10-16(15)30(27,28)18(20,21)12-5-8-25(9-6-12)17(26)24-14-4-7-22-23-11-14/h2-4,7,10-12H,5-6,8-9H2,1H3,(H,22,24,26). The van der Waals surface area contributed by atoms with Crippen LogP contribution in [0.5, 0.6) is 5.75 Å². The van der Waals surface area contributed by atoms with Crippen molar-refractivity contribution in [1.29, 1.82) is 0 Å². The van der Waals surface area contributed by atoms with Crippen LogP contribution in [0.2, 0.25) is 0 Å². The first-order chi connectivity index (χ1) is 14.2. The fourth-order valence-electron chi connectivity index (χ4n) is 3.21. The zero-order valence-electron chi connectivity index (χ0n) is 15.9. The number of alkyl halides is 2. The predicted molar refractivity (Wildman–Crippen MR) is 100 cm³/mol. The summed E-state index contributed by atoms with van der Waals surface area (Å²) in [4.78, 5) is 12.7. The first-order valence-electron chi connectivity index (χ1n) is 8.95. The fraction of sp³-hybridized carbons (Fsp3) is 0.389. The molecule has 0 radical (unpaired) electrons. The molecule has 1 aliphatic heterocycles. The van der Waals surface area contributed by atoms with Gasteiger partial charge in [0.1, 0.15) is 16.5 Å². The van der Waals surface area contributed by atoms with Gasteiger partial charge in [-0.2, -0.15) is 19.0 Å². The Morgan fingerprint density at radius 2 is 1.93 bits per heavy atom. The van der Waals surface area contributed by atoms with E-state index in [1.807, 2.05) is 0 Å². The quantitative estimate of drug-likeness (QED) is 0.761. The van der Waals surface area contributed by atoms with E-state index in [4.69, 9.17) is 4.74 Å². The molecule has 2 aromatic rings. The van der Waals surface area contributed by atoms with Gasteiger partial charge in [0.15, 0.2) is 0 Å². The van der Waals surface area contributed by atoms with E-state index >= 15 is 0 Å². The lowest BCUT2D eigenvalue weighted by Gasteiger charge is -2.35. The normalized spacial score (nSPS) is 15.7. The Balaban J connectivity index is 1.72. The van der Waals surface area contributed by atoms with Gasteiger partial charge in [-0.1, -0.05) is 0 Å². The Morgan fingerprint density at radius 3 is 2.53 bits per heavy atom. The molecule has 0 saturated carbocycles. The van der Waals surface area contributed by atoms with E-state index < -0.39 is 37.8 Å². The molecule has 1 N–H and O–H groups in total. The predicted octanol–water partition coefficient (Wildman–Crippen LogP) is 2.93. The highest BCUT2D eigenvalue weighted by Gasteiger charge is 2.54. The van der Waals surface area contributed by atoms with E-state index in [0.29, 0.717) is 11.8 Å². The van der Waals surface area contributed by atoms with E-state index in [0.717, 1.165) is 19.2 Å². The molecule has 0 aliphatic carbocycles. The summed E-state index contributed by atoms with van der Waals surface area (Å²) in [5.41, 5.74) is 0.392. The molecule has 162 valence electrons. The number of aromatic nitrogens is 2. The summed E-state index contributed by atoms with van der Waals surface area (Å²) < 4.78 is 73.6.